The van der Waals surface area contributed by atoms with Crippen molar-refractivity contribution in [3.05, 3.63) is 0 Å². The van der Waals surface area contributed by atoms with Crippen LogP contribution in [-0.4, -0.2) is 58.8 Å². The van der Waals surface area contributed by atoms with Crippen molar-refractivity contribution in [1.29, 1.82) is 0 Å². The molecule has 90 valence electrons. The summed E-state index contributed by atoms with van der Waals surface area (Å²) in [5.41, 5.74) is 0. The van der Waals surface area contributed by atoms with Gasteiger partial charge in [0.25, 0.3) is 0 Å². The number of nitrogens with one attached hydrogen (secondary N) is 2. The van der Waals surface area contributed by atoms with E-state index in [4.69, 9.17) is 0 Å². The van der Waals surface area contributed by atoms with Crippen LogP contribution in [0, 0.1) is 0 Å². The number of hydrogen-bond acceptors (Lipinski definition) is 4. The molecule has 1 rings (SSSR count). The van der Waals surface area contributed by atoms with Gasteiger partial charge in [0.05, 0.1) is 6.26 Å². The fourth-order valence-corrected chi connectivity index (χ4v) is 2.35. The molecule has 0 amide bonds. The molecule has 0 spiro atoms. The Bertz CT molecular complexity index is 279. The van der Waals surface area contributed by atoms with Gasteiger partial charge < -0.3 is 10.2 Å². The predicted octanol–water partition coefficient (Wildman–Crippen LogP) is -0.781. The first-order valence-corrected chi connectivity index (χ1v) is 7.24. The molecule has 1 fully saturated rings. The van der Waals surface area contributed by atoms with Crippen molar-refractivity contribution in [1.82, 2.24) is 14.9 Å². The minimum atomic E-state index is -3.04. The van der Waals surface area contributed by atoms with Gasteiger partial charge in [-0.2, -0.15) is 0 Å². The molecular formula is C9H21N3O2S. The van der Waals surface area contributed by atoms with Crippen LogP contribution in [0.25, 0.3) is 0 Å². The molecule has 0 aromatic rings. The minimum absolute atomic E-state index is 0.509. The molecule has 2 N–H and O–H groups in total. The third-order valence-electron chi connectivity index (χ3n) is 2.71. The topological polar surface area (TPSA) is 61.4 Å². The number of likely N-dealkylation sites (N-methyl/N-ethyl adjacent to an activating group) is 1. The Morgan fingerprint density at radius 2 is 2.20 bits per heavy atom. The van der Waals surface area contributed by atoms with Crippen LogP contribution in [0.15, 0.2) is 0 Å². The summed E-state index contributed by atoms with van der Waals surface area (Å²) in [7, 11) is -1.06. The molecule has 0 aliphatic carbocycles. The quantitative estimate of drug-likeness (QED) is 0.656. The van der Waals surface area contributed by atoms with Crippen LogP contribution in [0.3, 0.4) is 0 Å². The van der Waals surface area contributed by atoms with Crippen molar-refractivity contribution in [3.63, 3.8) is 0 Å². The van der Waals surface area contributed by atoms with Crippen molar-refractivity contribution >= 4 is 10.0 Å². The van der Waals surface area contributed by atoms with E-state index in [1.807, 2.05) is 7.05 Å². The summed E-state index contributed by atoms with van der Waals surface area (Å²) in [6.07, 6.45) is 3.59. The molecule has 0 saturated carbocycles. The first kappa shape index (κ1) is 12.9. The van der Waals surface area contributed by atoms with Crippen LogP contribution in [0.4, 0.5) is 0 Å². The van der Waals surface area contributed by atoms with E-state index in [0.717, 1.165) is 19.6 Å². The molecule has 1 saturated heterocycles. The number of nitrogens with zero attached hydrogens (tertiary/aromatic N) is 1. The molecule has 0 aromatic heterocycles. The minimum Gasteiger partial charge on any atom is -0.316 e. The third kappa shape index (κ3) is 5.46. The number of likely N-dealkylation sites (tertiary alicyclic amines) is 1. The average molecular weight is 235 g/mol. The lowest BCUT2D eigenvalue weighted by Gasteiger charge is -2.32. The molecule has 0 aromatic carbocycles. The summed E-state index contributed by atoms with van der Waals surface area (Å²) < 4.78 is 24.2. The van der Waals surface area contributed by atoms with E-state index in [1.165, 1.54) is 19.1 Å². The average Bonchev–Trinajstić information content (AvgIpc) is 2.16. The maximum atomic E-state index is 10.9. The van der Waals surface area contributed by atoms with Gasteiger partial charge in [0, 0.05) is 25.7 Å². The molecule has 15 heavy (non-hydrogen) atoms. The number of sulfonamides is 1. The second-order valence-corrected chi connectivity index (χ2v) is 5.93. The molecule has 5 nitrogen and oxygen atoms in total. The lowest BCUT2D eigenvalue weighted by Crippen LogP contribution is -2.46. The molecular weight excluding hydrogens is 214 g/mol. The number of hydrogen-bond donors (Lipinski definition) is 2. The van der Waals surface area contributed by atoms with Crippen LogP contribution < -0.4 is 10.0 Å². The van der Waals surface area contributed by atoms with Crippen LogP contribution >= 0.6 is 0 Å². The highest BCUT2D eigenvalue weighted by Gasteiger charge is 2.17. The van der Waals surface area contributed by atoms with Crippen molar-refractivity contribution < 1.29 is 8.42 Å². The van der Waals surface area contributed by atoms with Crippen LogP contribution in [-0.2, 0) is 10.0 Å². The number of rotatable bonds is 5. The highest BCUT2D eigenvalue weighted by molar-refractivity contribution is 7.88. The van der Waals surface area contributed by atoms with E-state index >= 15 is 0 Å². The SMILES string of the molecule is CNC1CCCN(CCNS(C)(=O)=O)C1. The summed E-state index contributed by atoms with van der Waals surface area (Å²) >= 11 is 0. The second kappa shape index (κ2) is 5.79. The summed E-state index contributed by atoms with van der Waals surface area (Å²) in [5, 5.41) is 3.26. The third-order valence-corrected chi connectivity index (χ3v) is 3.43. The van der Waals surface area contributed by atoms with Crippen LogP contribution in [0.2, 0.25) is 0 Å². The Kier molecular flexibility index (Phi) is 4.98. The number of piperidine rings is 1. The van der Waals surface area contributed by atoms with E-state index in [2.05, 4.69) is 14.9 Å². The molecule has 1 atom stereocenters. The van der Waals surface area contributed by atoms with Gasteiger partial charge in [-0.05, 0) is 26.4 Å². The zero-order chi connectivity index (χ0) is 11.3. The van der Waals surface area contributed by atoms with Gasteiger partial charge in [-0.3, -0.25) is 0 Å². The van der Waals surface area contributed by atoms with E-state index in [9.17, 15) is 8.42 Å². The zero-order valence-electron chi connectivity index (χ0n) is 9.49. The lowest BCUT2D eigenvalue weighted by atomic mass is 10.1. The van der Waals surface area contributed by atoms with Gasteiger partial charge in [0.2, 0.25) is 10.0 Å². The molecule has 0 bridgehead atoms. The van der Waals surface area contributed by atoms with E-state index in [-0.39, 0.29) is 0 Å². The summed E-state index contributed by atoms with van der Waals surface area (Å²) in [6.45, 7) is 3.39. The van der Waals surface area contributed by atoms with E-state index < -0.39 is 10.0 Å². The molecule has 6 heteroatoms. The molecule has 1 aliphatic rings. The summed E-state index contributed by atoms with van der Waals surface area (Å²) in [4.78, 5) is 2.29. The van der Waals surface area contributed by atoms with Crippen LogP contribution in [0.5, 0.6) is 0 Å². The van der Waals surface area contributed by atoms with Crippen molar-refractivity contribution in [2.75, 3.05) is 39.5 Å². The Labute approximate surface area is 92.3 Å². The van der Waals surface area contributed by atoms with E-state index in [1.54, 1.807) is 0 Å². The first-order valence-electron chi connectivity index (χ1n) is 5.35. The first-order chi connectivity index (χ1) is 7.01. The largest absolute Gasteiger partial charge is 0.316 e. The highest BCUT2D eigenvalue weighted by Crippen LogP contribution is 2.08. The van der Waals surface area contributed by atoms with Crippen molar-refractivity contribution in [2.45, 2.75) is 18.9 Å². The van der Waals surface area contributed by atoms with Gasteiger partial charge in [0.1, 0.15) is 0 Å². The smallest absolute Gasteiger partial charge is 0.208 e. The monoisotopic (exact) mass is 235 g/mol. The maximum absolute atomic E-state index is 10.9. The highest BCUT2D eigenvalue weighted by atomic mass is 32.2. The lowest BCUT2D eigenvalue weighted by molar-refractivity contribution is 0.198. The summed E-state index contributed by atoms with van der Waals surface area (Å²) in [6, 6.07) is 0.553. The Morgan fingerprint density at radius 1 is 1.47 bits per heavy atom. The molecule has 1 aliphatic heterocycles. The van der Waals surface area contributed by atoms with Crippen molar-refractivity contribution in [3.8, 4) is 0 Å². The Hall–Kier alpha value is -0.170. The van der Waals surface area contributed by atoms with Gasteiger partial charge in [-0.25, -0.2) is 13.1 Å². The Balaban J connectivity index is 2.21. The predicted molar refractivity (Wildman–Crippen MR) is 61.4 cm³/mol. The maximum Gasteiger partial charge on any atom is 0.208 e. The molecule has 1 unspecified atom stereocenters. The normalized spacial score (nSPS) is 24.3. The van der Waals surface area contributed by atoms with Gasteiger partial charge in [-0.1, -0.05) is 0 Å². The van der Waals surface area contributed by atoms with Crippen LogP contribution in [0.1, 0.15) is 12.8 Å². The Morgan fingerprint density at radius 3 is 2.80 bits per heavy atom. The van der Waals surface area contributed by atoms with E-state index in [0.29, 0.717) is 12.6 Å². The fraction of sp³-hybridized carbons (Fsp3) is 1.00. The van der Waals surface area contributed by atoms with Gasteiger partial charge in [0.15, 0.2) is 0 Å². The summed E-state index contributed by atoms with van der Waals surface area (Å²) in [5.74, 6) is 0. The second-order valence-electron chi connectivity index (χ2n) is 4.09. The zero-order valence-corrected chi connectivity index (χ0v) is 10.3. The van der Waals surface area contributed by atoms with Gasteiger partial charge in [-0.15, -0.1) is 0 Å². The standard InChI is InChI=1S/C9H21N3O2S/c1-10-9-4-3-6-12(8-9)7-5-11-15(2,13)14/h9-11H,3-8H2,1-2H3. The van der Waals surface area contributed by atoms with Crippen molar-refractivity contribution in [2.24, 2.45) is 0 Å². The fourth-order valence-electron chi connectivity index (χ4n) is 1.88. The molecule has 0 radical (unpaired) electrons. The van der Waals surface area contributed by atoms with Gasteiger partial charge >= 0.3 is 0 Å². The molecule has 1 heterocycles.